The topological polar surface area (TPSA) is 40.2 Å². The zero-order chi connectivity index (χ0) is 8.81. The van der Waals surface area contributed by atoms with Gasteiger partial charge in [-0.15, -0.1) is 0 Å². The van der Waals surface area contributed by atoms with E-state index in [1.165, 1.54) is 5.69 Å². The third-order valence-corrected chi connectivity index (χ3v) is 1.86. The summed E-state index contributed by atoms with van der Waals surface area (Å²) in [7, 11) is 1.71. The molecule has 1 aromatic rings. The van der Waals surface area contributed by atoms with E-state index in [4.69, 9.17) is 10.5 Å². The van der Waals surface area contributed by atoms with Crippen molar-refractivity contribution in [2.45, 2.75) is 13.0 Å². The van der Waals surface area contributed by atoms with E-state index in [0.29, 0.717) is 6.54 Å². The molecule has 2 N–H and O–H groups in total. The van der Waals surface area contributed by atoms with Crippen molar-refractivity contribution in [1.82, 2.24) is 4.57 Å². The maximum atomic E-state index is 5.47. The summed E-state index contributed by atoms with van der Waals surface area (Å²) in [4.78, 5) is 0. The monoisotopic (exact) mass is 168 g/mol. The molecule has 0 atom stereocenters. The second kappa shape index (κ2) is 4.95. The molecule has 0 aliphatic heterocycles. The lowest BCUT2D eigenvalue weighted by Crippen LogP contribution is -2.10. The first kappa shape index (κ1) is 9.29. The summed E-state index contributed by atoms with van der Waals surface area (Å²) in [6.07, 6.45) is 3.00. The van der Waals surface area contributed by atoms with Gasteiger partial charge in [-0.1, -0.05) is 0 Å². The highest BCUT2D eigenvalue weighted by molar-refractivity contribution is 5.07. The Morgan fingerprint density at radius 1 is 1.58 bits per heavy atom. The van der Waals surface area contributed by atoms with Crippen molar-refractivity contribution in [3.63, 3.8) is 0 Å². The quantitative estimate of drug-likeness (QED) is 0.700. The first-order valence-electron chi connectivity index (χ1n) is 4.21. The first-order chi connectivity index (χ1) is 5.88. The van der Waals surface area contributed by atoms with Crippen molar-refractivity contribution in [3.05, 3.63) is 24.0 Å². The van der Waals surface area contributed by atoms with Crippen LogP contribution in [0.4, 0.5) is 0 Å². The van der Waals surface area contributed by atoms with Crippen LogP contribution in [0.1, 0.15) is 5.69 Å². The summed E-state index contributed by atoms with van der Waals surface area (Å²) >= 11 is 0. The number of aromatic nitrogens is 1. The summed E-state index contributed by atoms with van der Waals surface area (Å²) in [6, 6.07) is 4.14. The smallest absolute Gasteiger partial charge is 0.0641 e. The van der Waals surface area contributed by atoms with Gasteiger partial charge in [-0.3, -0.25) is 0 Å². The molecule has 12 heavy (non-hydrogen) atoms. The van der Waals surface area contributed by atoms with Crippen molar-refractivity contribution >= 4 is 0 Å². The molecule has 0 amide bonds. The van der Waals surface area contributed by atoms with Crippen LogP contribution in [0, 0.1) is 0 Å². The standard InChI is InChI=1S/C9H16N2O/c1-12-8-7-11-6-2-3-9(11)4-5-10/h2-3,6H,4-5,7-8,10H2,1H3. The van der Waals surface area contributed by atoms with Gasteiger partial charge >= 0.3 is 0 Å². The maximum Gasteiger partial charge on any atom is 0.0641 e. The van der Waals surface area contributed by atoms with E-state index in [2.05, 4.69) is 16.8 Å². The minimum Gasteiger partial charge on any atom is -0.383 e. The second-order valence-corrected chi connectivity index (χ2v) is 2.72. The van der Waals surface area contributed by atoms with Crippen LogP contribution in [0.25, 0.3) is 0 Å². The van der Waals surface area contributed by atoms with E-state index in [0.717, 1.165) is 19.6 Å². The average molecular weight is 168 g/mol. The summed E-state index contributed by atoms with van der Waals surface area (Å²) < 4.78 is 7.17. The van der Waals surface area contributed by atoms with Crippen LogP contribution >= 0.6 is 0 Å². The number of hydrogen-bond donors (Lipinski definition) is 1. The summed E-state index contributed by atoms with van der Waals surface area (Å²) in [5.74, 6) is 0. The van der Waals surface area contributed by atoms with Crippen LogP contribution in [-0.4, -0.2) is 24.8 Å². The van der Waals surface area contributed by atoms with E-state index < -0.39 is 0 Å². The number of ether oxygens (including phenoxy) is 1. The van der Waals surface area contributed by atoms with Gasteiger partial charge in [0.25, 0.3) is 0 Å². The Morgan fingerprint density at radius 3 is 3.08 bits per heavy atom. The molecule has 0 unspecified atom stereocenters. The zero-order valence-electron chi connectivity index (χ0n) is 7.49. The highest BCUT2D eigenvalue weighted by Crippen LogP contribution is 2.02. The third-order valence-electron chi connectivity index (χ3n) is 1.86. The zero-order valence-corrected chi connectivity index (χ0v) is 7.49. The Morgan fingerprint density at radius 2 is 2.42 bits per heavy atom. The molecule has 3 nitrogen and oxygen atoms in total. The van der Waals surface area contributed by atoms with Gasteiger partial charge < -0.3 is 15.0 Å². The molecule has 0 aliphatic rings. The van der Waals surface area contributed by atoms with Gasteiger partial charge in [-0.25, -0.2) is 0 Å². The van der Waals surface area contributed by atoms with Gasteiger partial charge in [0.15, 0.2) is 0 Å². The highest BCUT2D eigenvalue weighted by atomic mass is 16.5. The second-order valence-electron chi connectivity index (χ2n) is 2.72. The largest absolute Gasteiger partial charge is 0.383 e. The Balaban J connectivity index is 2.51. The third kappa shape index (κ3) is 2.36. The molecular formula is C9H16N2O. The minimum absolute atomic E-state index is 0.705. The predicted octanol–water partition coefficient (Wildman–Crippen LogP) is 0.636. The molecule has 0 bridgehead atoms. The average Bonchev–Trinajstić information content (AvgIpc) is 2.50. The SMILES string of the molecule is COCCn1cccc1CCN. The van der Waals surface area contributed by atoms with Gasteiger partial charge in [-0.05, 0) is 25.1 Å². The van der Waals surface area contributed by atoms with Crippen LogP contribution in [0.3, 0.4) is 0 Å². The van der Waals surface area contributed by atoms with Gasteiger partial charge in [0.05, 0.1) is 6.61 Å². The van der Waals surface area contributed by atoms with Crippen LogP contribution < -0.4 is 5.73 Å². The fourth-order valence-corrected chi connectivity index (χ4v) is 1.23. The minimum atomic E-state index is 0.705. The Hall–Kier alpha value is -0.800. The van der Waals surface area contributed by atoms with Crippen molar-refractivity contribution < 1.29 is 4.74 Å². The van der Waals surface area contributed by atoms with Crippen LogP contribution in [0.2, 0.25) is 0 Å². The number of nitrogens with two attached hydrogens (primary N) is 1. The molecule has 0 radical (unpaired) electrons. The number of methoxy groups -OCH3 is 1. The predicted molar refractivity (Wildman–Crippen MR) is 49.1 cm³/mol. The van der Waals surface area contributed by atoms with Crippen molar-refractivity contribution in [2.24, 2.45) is 5.73 Å². The van der Waals surface area contributed by atoms with Gasteiger partial charge in [0, 0.05) is 25.5 Å². The first-order valence-corrected chi connectivity index (χ1v) is 4.21. The van der Waals surface area contributed by atoms with Crippen molar-refractivity contribution in [1.29, 1.82) is 0 Å². The van der Waals surface area contributed by atoms with E-state index in [1.807, 2.05) is 6.07 Å². The Labute approximate surface area is 73.1 Å². The molecule has 0 spiro atoms. The molecule has 1 heterocycles. The van der Waals surface area contributed by atoms with E-state index >= 15 is 0 Å². The number of nitrogens with zero attached hydrogens (tertiary/aromatic N) is 1. The molecule has 0 fully saturated rings. The normalized spacial score (nSPS) is 10.5. The fraction of sp³-hybridized carbons (Fsp3) is 0.556. The van der Waals surface area contributed by atoms with E-state index in [-0.39, 0.29) is 0 Å². The molecule has 68 valence electrons. The highest BCUT2D eigenvalue weighted by Gasteiger charge is 1.97. The summed E-state index contributed by atoms with van der Waals surface area (Å²) in [5.41, 5.74) is 6.76. The summed E-state index contributed by atoms with van der Waals surface area (Å²) in [6.45, 7) is 2.38. The molecule has 1 rings (SSSR count). The Kier molecular flexibility index (Phi) is 3.84. The molecule has 0 saturated carbocycles. The lowest BCUT2D eigenvalue weighted by atomic mass is 10.3. The molecule has 0 aliphatic carbocycles. The Bertz CT molecular complexity index is 220. The van der Waals surface area contributed by atoms with Crippen LogP contribution in [0.5, 0.6) is 0 Å². The van der Waals surface area contributed by atoms with Crippen LogP contribution in [0.15, 0.2) is 18.3 Å². The van der Waals surface area contributed by atoms with E-state index in [1.54, 1.807) is 7.11 Å². The lowest BCUT2D eigenvalue weighted by molar-refractivity contribution is 0.186. The van der Waals surface area contributed by atoms with Gasteiger partial charge in [-0.2, -0.15) is 0 Å². The van der Waals surface area contributed by atoms with Crippen LogP contribution in [-0.2, 0) is 17.7 Å². The van der Waals surface area contributed by atoms with E-state index in [9.17, 15) is 0 Å². The molecule has 3 heteroatoms. The molecule has 1 aromatic heterocycles. The van der Waals surface area contributed by atoms with Crippen molar-refractivity contribution in [2.75, 3.05) is 20.3 Å². The summed E-state index contributed by atoms with van der Waals surface area (Å²) in [5, 5.41) is 0. The van der Waals surface area contributed by atoms with Crippen molar-refractivity contribution in [3.8, 4) is 0 Å². The van der Waals surface area contributed by atoms with Gasteiger partial charge in [0.1, 0.15) is 0 Å². The molecular weight excluding hydrogens is 152 g/mol. The fourth-order valence-electron chi connectivity index (χ4n) is 1.23. The number of rotatable bonds is 5. The maximum absolute atomic E-state index is 5.47. The molecule has 0 aromatic carbocycles. The lowest BCUT2D eigenvalue weighted by Gasteiger charge is -2.06. The van der Waals surface area contributed by atoms with Gasteiger partial charge in [0.2, 0.25) is 0 Å². The molecule has 0 saturated heterocycles. The number of hydrogen-bond acceptors (Lipinski definition) is 2.